The largest absolute Gasteiger partial charge is 0.378 e. The van der Waals surface area contributed by atoms with E-state index in [1.807, 2.05) is 0 Å². The van der Waals surface area contributed by atoms with Gasteiger partial charge in [-0.3, -0.25) is 0 Å². The van der Waals surface area contributed by atoms with Gasteiger partial charge >= 0.3 is 0 Å². The van der Waals surface area contributed by atoms with E-state index in [9.17, 15) is 0 Å². The normalized spacial score (nSPS) is 50.8. The minimum absolute atomic E-state index is 0.570. The zero-order valence-corrected chi connectivity index (χ0v) is 11.1. The summed E-state index contributed by atoms with van der Waals surface area (Å²) in [4.78, 5) is 0. The van der Waals surface area contributed by atoms with E-state index >= 15 is 0 Å². The molecule has 0 spiro atoms. The lowest BCUT2D eigenvalue weighted by Crippen LogP contribution is -2.51. The quantitative estimate of drug-likeness (QED) is 0.601. The minimum Gasteiger partial charge on any atom is -0.378 e. The highest BCUT2D eigenvalue weighted by Gasteiger charge is 2.55. The van der Waals surface area contributed by atoms with Gasteiger partial charge in [0.1, 0.15) is 0 Å². The van der Waals surface area contributed by atoms with E-state index in [1.165, 1.54) is 38.5 Å². The smallest absolute Gasteiger partial charge is 0.0609 e. The van der Waals surface area contributed by atoms with E-state index in [2.05, 4.69) is 20.8 Å². The van der Waals surface area contributed by atoms with Gasteiger partial charge in [-0.2, -0.15) is 0 Å². The van der Waals surface area contributed by atoms with Crippen LogP contribution in [0, 0.1) is 22.7 Å². The van der Waals surface area contributed by atoms with E-state index in [0.717, 1.165) is 18.4 Å². The number of hydrogen-bond acceptors (Lipinski definition) is 1. The van der Waals surface area contributed by atoms with E-state index in [1.54, 1.807) is 0 Å². The zero-order valence-electron chi connectivity index (χ0n) is 11.1. The molecular weight excluding hydrogens is 196 g/mol. The molecule has 1 heteroatoms. The highest BCUT2D eigenvalue weighted by molar-refractivity contribution is 5.05. The van der Waals surface area contributed by atoms with E-state index in [0.29, 0.717) is 16.9 Å². The van der Waals surface area contributed by atoms with Crippen LogP contribution in [0.1, 0.15) is 59.3 Å². The van der Waals surface area contributed by atoms with Gasteiger partial charge < -0.3 is 4.74 Å². The van der Waals surface area contributed by atoms with Crippen LogP contribution in [0.3, 0.4) is 0 Å². The van der Waals surface area contributed by atoms with Crippen LogP contribution < -0.4 is 0 Å². The van der Waals surface area contributed by atoms with Crippen LogP contribution in [0.2, 0.25) is 0 Å². The predicted molar refractivity (Wildman–Crippen MR) is 66.3 cm³/mol. The lowest BCUT2D eigenvalue weighted by molar-refractivity contribution is -0.104. The van der Waals surface area contributed by atoms with Crippen LogP contribution in [0.25, 0.3) is 0 Å². The summed E-state index contributed by atoms with van der Waals surface area (Å²) in [5.74, 6) is 1.81. The van der Waals surface area contributed by atoms with Gasteiger partial charge in [0.2, 0.25) is 0 Å². The van der Waals surface area contributed by atoms with Gasteiger partial charge in [0.15, 0.2) is 0 Å². The molecule has 3 fully saturated rings. The summed E-state index contributed by atoms with van der Waals surface area (Å²) in [6.07, 6.45) is 8.99. The molecule has 0 amide bonds. The molecule has 0 aromatic carbocycles. The first-order valence-electron chi connectivity index (χ1n) is 7.16. The Kier molecular flexibility index (Phi) is 2.41. The summed E-state index contributed by atoms with van der Waals surface area (Å²) in [5, 5.41) is 0. The van der Waals surface area contributed by atoms with Gasteiger partial charge in [-0.1, -0.05) is 27.2 Å². The van der Waals surface area contributed by atoms with Crippen LogP contribution in [0.15, 0.2) is 0 Å². The molecule has 1 heterocycles. The molecule has 1 aliphatic heterocycles. The van der Waals surface area contributed by atoms with Crippen LogP contribution in [0.4, 0.5) is 0 Å². The van der Waals surface area contributed by atoms with Crippen molar-refractivity contribution in [2.24, 2.45) is 22.7 Å². The Morgan fingerprint density at radius 1 is 1.00 bits per heavy atom. The van der Waals surface area contributed by atoms with Crippen LogP contribution in [0.5, 0.6) is 0 Å². The Hall–Kier alpha value is -0.0400. The van der Waals surface area contributed by atoms with Crippen molar-refractivity contribution in [1.29, 1.82) is 0 Å². The molecule has 3 aliphatic rings. The molecule has 1 nitrogen and oxygen atoms in total. The van der Waals surface area contributed by atoms with Gasteiger partial charge in [0, 0.05) is 6.61 Å². The first-order valence-corrected chi connectivity index (χ1v) is 7.16. The fraction of sp³-hybridized carbons (Fsp3) is 1.00. The summed E-state index contributed by atoms with van der Waals surface area (Å²) in [7, 11) is 0. The van der Waals surface area contributed by atoms with E-state index in [-0.39, 0.29) is 0 Å². The predicted octanol–water partition coefficient (Wildman–Crippen LogP) is 4.02. The summed E-state index contributed by atoms with van der Waals surface area (Å²) in [6.45, 7) is 8.61. The van der Waals surface area contributed by atoms with Gasteiger partial charge in [0.05, 0.1) is 6.10 Å². The lowest BCUT2D eigenvalue weighted by atomic mass is 9.48. The van der Waals surface area contributed by atoms with Crippen molar-refractivity contribution in [1.82, 2.24) is 0 Å². The van der Waals surface area contributed by atoms with Crippen LogP contribution in [-0.4, -0.2) is 12.7 Å². The highest BCUT2D eigenvalue weighted by Crippen LogP contribution is 2.61. The Bertz CT molecular complexity index is 283. The summed E-state index contributed by atoms with van der Waals surface area (Å²) in [6, 6.07) is 0. The van der Waals surface area contributed by atoms with Gasteiger partial charge in [-0.25, -0.2) is 0 Å². The summed E-state index contributed by atoms with van der Waals surface area (Å²) >= 11 is 0. The molecular formula is C15H26O. The number of fused-ring (bicyclic) bond motifs is 3. The second-order valence-electron chi connectivity index (χ2n) is 7.28. The van der Waals surface area contributed by atoms with Crippen LogP contribution in [-0.2, 0) is 4.74 Å². The average molecular weight is 222 g/mol. The Labute approximate surface area is 99.9 Å². The van der Waals surface area contributed by atoms with E-state index in [4.69, 9.17) is 4.74 Å². The summed E-state index contributed by atoms with van der Waals surface area (Å²) in [5.41, 5.74) is 1.15. The van der Waals surface area contributed by atoms with Crippen molar-refractivity contribution in [3.05, 3.63) is 0 Å². The molecule has 0 N–H and O–H groups in total. The molecule has 4 atom stereocenters. The first kappa shape index (κ1) is 11.1. The Morgan fingerprint density at radius 2 is 1.81 bits per heavy atom. The maximum Gasteiger partial charge on any atom is 0.0609 e. The Balaban J connectivity index is 1.93. The second-order valence-corrected chi connectivity index (χ2v) is 7.28. The van der Waals surface area contributed by atoms with Crippen LogP contribution >= 0.6 is 0 Å². The number of ether oxygens (including phenoxy) is 1. The number of rotatable bonds is 0. The summed E-state index contributed by atoms with van der Waals surface area (Å²) < 4.78 is 5.94. The molecule has 0 radical (unpaired) electrons. The van der Waals surface area contributed by atoms with Crippen molar-refractivity contribution < 1.29 is 4.74 Å². The SMILES string of the molecule is CC1(C)CCC[C@]2(C)[C@H]3CCOC3CC[C@@H]12. The van der Waals surface area contributed by atoms with Gasteiger partial charge in [-0.05, 0) is 54.8 Å². The van der Waals surface area contributed by atoms with Crippen molar-refractivity contribution in [3.63, 3.8) is 0 Å². The third-order valence-electron chi connectivity index (χ3n) is 6.07. The standard InChI is InChI=1S/C15H26O/c1-14(2)8-4-9-15(3)11-7-10-16-12(11)5-6-13(14)15/h11-13H,4-10H2,1-3H3/t11-,12?,13-,15+/m0/s1. The number of hydrogen-bond donors (Lipinski definition) is 0. The average Bonchev–Trinajstić information content (AvgIpc) is 2.65. The third kappa shape index (κ3) is 1.40. The Morgan fingerprint density at radius 3 is 2.62 bits per heavy atom. The molecule has 0 aromatic rings. The third-order valence-corrected chi connectivity index (χ3v) is 6.07. The first-order chi connectivity index (χ1) is 7.54. The fourth-order valence-electron chi connectivity index (χ4n) is 5.35. The van der Waals surface area contributed by atoms with Crippen molar-refractivity contribution in [3.8, 4) is 0 Å². The van der Waals surface area contributed by atoms with Crippen molar-refractivity contribution in [2.45, 2.75) is 65.4 Å². The molecule has 2 saturated carbocycles. The van der Waals surface area contributed by atoms with E-state index < -0.39 is 0 Å². The van der Waals surface area contributed by atoms with Crippen molar-refractivity contribution >= 4 is 0 Å². The lowest BCUT2D eigenvalue weighted by Gasteiger charge is -2.57. The topological polar surface area (TPSA) is 9.23 Å². The zero-order chi connectivity index (χ0) is 11.4. The molecule has 2 aliphatic carbocycles. The van der Waals surface area contributed by atoms with Crippen molar-refractivity contribution in [2.75, 3.05) is 6.61 Å². The molecule has 1 unspecified atom stereocenters. The fourth-order valence-corrected chi connectivity index (χ4v) is 5.35. The molecule has 16 heavy (non-hydrogen) atoms. The molecule has 92 valence electrons. The van der Waals surface area contributed by atoms with Gasteiger partial charge in [-0.15, -0.1) is 0 Å². The molecule has 0 aromatic heterocycles. The van der Waals surface area contributed by atoms with Gasteiger partial charge in [0.25, 0.3) is 0 Å². The maximum atomic E-state index is 5.94. The molecule has 1 saturated heterocycles. The molecule has 3 rings (SSSR count). The minimum atomic E-state index is 0.570. The highest BCUT2D eigenvalue weighted by atomic mass is 16.5. The molecule has 0 bridgehead atoms. The monoisotopic (exact) mass is 222 g/mol. The second kappa shape index (κ2) is 3.48. The maximum absolute atomic E-state index is 5.94.